The normalized spacial score (nSPS) is 23.6. The third-order valence-corrected chi connectivity index (χ3v) is 3.51. The summed E-state index contributed by atoms with van der Waals surface area (Å²) in [5.41, 5.74) is -0.881. The largest absolute Gasteiger partial charge is 0.489 e. The highest BCUT2D eigenvalue weighted by Gasteiger charge is 2.36. The Hall–Kier alpha value is -0.650. The first kappa shape index (κ1) is 13.8. The highest BCUT2D eigenvalue weighted by atomic mass is 35.5. The molecule has 0 atom stereocenters. The van der Waals surface area contributed by atoms with Crippen LogP contribution in [0.5, 0.6) is 5.75 Å². The lowest BCUT2D eigenvalue weighted by Gasteiger charge is -2.34. The van der Waals surface area contributed by atoms with Gasteiger partial charge in [-0.05, 0) is 23.9 Å². The Kier molecular flexibility index (Phi) is 3.94. The van der Waals surface area contributed by atoms with Gasteiger partial charge in [0.05, 0.1) is 10.6 Å². The van der Waals surface area contributed by atoms with E-state index in [1.165, 1.54) is 12.1 Å². The molecule has 2 rings (SSSR count). The van der Waals surface area contributed by atoms with Crippen molar-refractivity contribution in [2.45, 2.75) is 31.2 Å². The second-order valence-electron chi connectivity index (χ2n) is 4.13. The Morgan fingerprint density at radius 3 is 2.50 bits per heavy atom. The van der Waals surface area contributed by atoms with Gasteiger partial charge in [-0.1, -0.05) is 17.7 Å². The van der Waals surface area contributed by atoms with Crippen LogP contribution in [0.3, 0.4) is 0 Å². The molecule has 1 aromatic carbocycles. The predicted molar refractivity (Wildman–Crippen MR) is 62.9 cm³/mol. The summed E-state index contributed by atoms with van der Waals surface area (Å²) in [5.74, 6) is 0.0597. The van der Waals surface area contributed by atoms with Crippen LogP contribution in [0.15, 0.2) is 18.2 Å². The molecule has 18 heavy (non-hydrogen) atoms. The fourth-order valence-electron chi connectivity index (χ4n) is 1.75. The predicted octanol–water partition coefficient (Wildman–Crippen LogP) is 4.01. The van der Waals surface area contributed by atoms with Crippen LogP contribution in [0, 0.1) is 0 Å². The molecule has 0 heterocycles. The molecule has 0 amide bonds. The number of ether oxygens (including phenoxy) is 1. The van der Waals surface area contributed by atoms with Gasteiger partial charge < -0.3 is 4.74 Å². The average molecular weight is 300 g/mol. The topological polar surface area (TPSA) is 21.3 Å². The van der Waals surface area contributed by atoms with Crippen molar-refractivity contribution in [2.24, 2.45) is 0 Å². The maximum absolute atomic E-state index is 12.6. The number of halogens is 5. The third kappa shape index (κ3) is 2.84. The Morgan fingerprint density at radius 2 is 1.94 bits per heavy atom. The van der Waals surface area contributed by atoms with Crippen LogP contribution in [0.25, 0.3) is 0 Å². The summed E-state index contributed by atoms with van der Waals surface area (Å²) in [4.78, 5) is 2.55. The Bertz CT molecular complexity index is 433. The zero-order chi connectivity index (χ0) is 13.3. The van der Waals surface area contributed by atoms with Gasteiger partial charge in [-0.25, -0.2) is 4.84 Å². The van der Waals surface area contributed by atoms with E-state index in [1.807, 2.05) is 0 Å². The van der Waals surface area contributed by atoms with Crippen molar-refractivity contribution < 1.29 is 17.9 Å². The van der Waals surface area contributed by atoms with Crippen molar-refractivity contribution in [3.8, 4) is 5.75 Å². The average Bonchev–Trinajstić information content (AvgIpc) is 2.23. The van der Waals surface area contributed by atoms with Gasteiger partial charge in [0.25, 0.3) is 0 Å². The van der Waals surface area contributed by atoms with E-state index >= 15 is 0 Å². The third-order valence-electron chi connectivity index (χ3n) is 2.81. The summed E-state index contributed by atoms with van der Waals surface area (Å²) >= 11 is 11.1. The fourth-order valence-corrected chi connectivity index (χ4v) is 2.21. The number of hydrogen-bond donors (Lipinski definition) is 1. The van der Waals surface area contributed by atoms with Crippen molar-refractivity contribution in [1.29, 1.82) is 0 Å². The van der Waals surface area contributed by atoms with E-state index < -0.39 is 16.8 Å². The highest BCUT2D eigenvalue weighted by molar-refractivity contribution is 6.32. The molecule has 0 unspecified atom stereocenters. The molecule has 1 aliphatic carbocycles. The quantitative estimate of drug-likeness (QED) is 0.852. The summed E-state index contributed by atoms with van der Waals surface area (Å²) < 4.78 is 43.3. The van der Waals surface area contributed by atoms with Crippen molar-refractivity contribution in [3.05, 3.63) is 28.8 Å². The summed E-state index contributed by atoms with van der Waals surface area (Å²) in [5, 5.41) is -0.396. The molecule has 0 saturated heterocycles. The Labute approximate surface area is 112 Å². The molecule has 1 saturated carbocycles. The first-order chi connectivity index (χ1) is 8.41. The highest BCUT2D eigenvalue weighted by Crippen LogP contribution is 2.40. The molecular formula is C11H10Cl2F3NO. The van der Waals surface area contributed by atoms with Gasteiger partial charge in [0.15, 0.2) is 0 Å². The van der Waals surface area contributed by atoms with Crippen LogP contribution in [-0.4, -0.2) is 12.1 Å². The van der Waals surface area contributed by atoms with E-state index in [0.717, 1.165) is 6.07 Å². The van der Waals surface area contributed by atoms with E-state index in [1.54, 1.807) is 0 Å². The summed E-state index contributed by atoms with van der Waals surface area (Å²) in [6.45, 7) is 0. The molecule has 7 heteroatoms. The van der Waals surface area contributed by atoms with Gasteiger partial charge >= 0.3 is 6.18 Å². The minimum Gasteiger partial charge on any atom is -0.489 e. The minimum absolute atomic E-state index is 0.0597. The number of nitrogens with one attached hydrogen (secondary N) is 1. The van der Waals surface area contributed by atoms with Gasteiger partial charge in [-0.2, -0.15) is 13.2 Å². The molecule has 2 nitrogen and oxygen atoms in total. The van der Waals surface area contributed by atoms with Crippen LogP contribution < -0.4 is 9.57 Å². The van der Waals surface area contributed by atoms with E-state index in [2.05, 4.69) is 4.84 Å². The second kappa shape index (κ2) is 5.15. The summed E-state index contributed by atoms with van der Waals surface area (Å²) in [6.07, 6.45) is -3.33. The van der Waals surface area contributed by atoms with E-state index in [4.69, 9.17) is 28.1 Å². The smallest absolute Gasteiger partial charge is 0.417 e. The maximum Gasteiger partial charge on any atom is 0.417 e. The molecule has 0 bridgehead atoms. The van der Waals surface area contributed by atoms with E-state index in [0.29, 0.717) is 12.8 Å². The molecule has 100 valence electrons. The van der Waals surface area contributed by atoms with E-state index in [-0.39, 0.29) is 17.9 Å². The number of alkyl halides is 3. The number of benzene rings is 1. The summed E-state index contributed by atoms with van der Waals surface area (Å²) in [7, 11) is 0. The Morgan fingerprint density at radius 1 is 1.28 bits per heavy atom. The molecular weight excluding hydrogens is 290 g/mol. The molecule has 1 N–H and O–H groups in total. The number of rotatable bonds is 3. The molecule has 0 aromatic heterocycles. The van der Waals surface area contributed by atoms with Gasteiger partial charge in [-0.15, -0.1) is 0 Å². The van der Waals surface area contributed by atoms with Crippen LogP contribution in [0.1, 0.15) is 18.4 Å². The fraction of sp³-hybridized carbons (Fsp3) is 0.455. The zero-order valence-electron chi connectivity index (χ0n) is 9.10. The van der Waals surface area contributed by atoms with Crippen LogP contribution in [-0.2, 0) is 6.18 Å². The molecule has 0 spiro atoms. The monoisotopic (exact) mass is 299 g/mol. The Balaban J connectivity index is 2.10. The zero-order valence-corrected chi connectivity index (χ0v) is 10.6. The lowest BCUT2D eigenvalue weighted by molar-refractivity contribution is -0.137. The van der Waals surface area contributed by atoms with Gasteiger partial charge in [0, 0.05) is 18.9 Å². The molecule has 1 aromatic rings. The van der Waals surface area contributed by atoms with Crippen LogP contribution >= 0.6 is 23.4 Å². The SMILES string of the molecule is FC(F)(F)c1cccc(OC2CC(NCl)C2)c1Cl. The minimum atomic E-state index is -4.48. The van der Waals surface area contributed by atoms with Gasteiger partial charge in [0.1, 0.15) is 11.9 Å². The second-order valence-corrected chi connectivity index (χ2v) is 4.73. The van der Waals surface area contributed by atoms with Crippen molar-refractivity contribution >= 4 is 23.4 Å². The lowest BCUT2D eigenvalue weighted by Crippen LogP contribution is -2.43. The first-order valence-corrected chi connectivity index (χ1v) is 6.06. The van der Waals surface area contributed by atoms with Crippen molar-refractivity contribution in [2.75, 3.05) is 0 Å². The summed E-state index contributed by atoms with van der Waals surface area (Å²) in [6, 6.07) is 3.78. The molecule has 1 aliphatic rings. The standard InChI is InChI=1S/C11H10Cl2F3NO/c12-10-8(11(14,15)16)2-1-3-9(10)18-7-4-6(5-7)17-13/h1-3,6-7,17H,4-5H2. The molecule has 0 radical (unpaired) electrons. The number of hydrogen-bond acceptors (Lipinski definition) is 2. The van der Waals surface area contributed by atoms with E-state index in [9.17, 15) is 13.2 Å². The van der Waals surface area contributed by atoms with Gasteiger partial charge in [-0.3, -0.25) is 0 Å². The molecule has 0 aliphatic heterocycles. The van der Waals surface area contributed by atoms with Crippen molar-refractivity contribution in [1.82, 2.24) is 4.84 Å². The van der Waals surface area contributed by atoms with Crippen molar-refractivity contribution in [3.63, 3.8) is 0 Å². The van der Waals surface area contributed by atoms with Crippen LogP contribution in [0.4, 0.5) is 13.2 Å². The first-order valence-electron chi connectivity index (χ1n) is 5.30. The van der Waals surface area contributed by atoms with Gasteiger partial charge in [0.2, 0.25) is 0 Å². The molecule has 1 fully saturated rings. The lowest BCUT2D eigenvalue weighted by atomic mass is 9.90. The maximum atomic E-state index is 12.6. The van der Waals surface area contributed by atoms with Crippen LogP contribution in [0.2, 0.25) is 5.02 Å².